The van der Waals surface area contributed by atoms with Crippen molar-refractivity contribution >= 4 is 116 Å². The van der Waals surface area contributed by atoms with E-state index in [0.717, 1.165) is 13.8 Å². The molecule has 20 heteroatoms. The number of ether oxygens (including phenoxy) is 2. The van der Waals surface area contributed by atoms with E-state index in [4.69, 9.17) is 55.9 Å². The van der Waals surface area contributed by atoms with Gasteiger partial charge in [0.15, 0.2) is 11.6 Å². The summed E-state index contributed by atoms with van der Waals surface area (Å²) in [6, 6.07) is 22.0. The number of alkyl halides is 2. The van der Waals surface area contributed by atoms with Gasteiger partial charge in [-0.1, -0.05) is 59.6 Å². The molecule has 4 atom stereocenters. The van der Waals surface area contributed by atoms with Gasteiger partial charge in [-0.05, 0) is 101 Å². The van der Waals surface area contributed by atoms with Crippen LogP contribution in [0.3, 0.4) is 0 Å². The van der Waals surface area contributed by atoms with Crippen LogP contribution in [0.5, 0.6) is 11.5 Å². The number of anilines is 4. The van der Waals surface area contributed by atoms with Crippen molar-refractivity contribution in [1.29, 1.82) is 0 Å². The highest BCUT2D eigenvalue weighted by Crippen LogP contribution is 2.38. The van der Waals surface area contributed by atoms with Gasteiger partial charge in [0.2, 0.25) is 12.1 Å². The highest BCUT2D eigenvalue weighted by atomic mass is 35.5. The first-order chi connectivity index (χ1) is 32.4. The summed E-state index contributed by atoms with van der Waals surface area (Å²) in [5.74, 6) is -4.10. The maximum Gasteiger partial charge on any atom is 0.258 e. The first-order valence-corrected chi connectivity index (χ1v) is 22.6. The zero-order valence-corrected chi connectivity index (χ0v) is 40.6. The fourth-order valence-electron chi connectivity index (χ4n) is 6.35. The molecule has 0 radical (unpaired) electrons. The van der Waals surface area contributed by atoms with Gasteiger partial charge in [0.05, 0.1) is 45.4 Å². The minimum atomic E-state index is -1.69. The van der Waals surface area contributed by atoms with Crippen LogP contribution in [0.15, 0.2) is 118 Å². The molecule has 0 aromatic heterocycles. The topological polar surface area (TPSA) is 218 Å². The number of amides is 4. The van der Waals surface area contributed by atoms with Crippen molar-refractivity contribution in [1.82, 2.24) is 0 Å². The Morgan fingerprint density at radius 1 is 0.529 bits per heavy atom. The normalized spacial score (nSPS) is 13.0. The van der Waals surface area contributed by atoms with Crippen molar-refractivity contribution in [3.05, 3.63) is 129 Å². The molecule has 0 aliphatic carbocycles. The van der Waals surface area contributed by atoms with Crippen LogP contribution in [-0.4, -0.2) is 60.5 Å². The molecule has 4 N–H and O–H groups in total. The number of hydrogen-bond acceptors (Lipinski definition) is 12. The van der Waals surface area contributed by atoms with Crippen LogP contribution in [-0.2, 0) is 19.2 Å². The quantitative estimate of drug-likeness (QED) is 0.0333. The number of nitrogens with zero attached hydrogens (tertiary/aromatic N) is 4. The molecule has 0 heterocycles. The predicted molar refractivity (Wildman–Crippen MR) is 264 cm³/mol. The SMILES string of the molecule is CCOc1cc(NC(=O)C(N=Nc2cc(C(=O)Nc3ccccc3C(C)Cl)ccc2Cl)C(C)=O)c(OCC)cc1NC(=O)C(N=Nc1cc(C(=O)Nc2ccccc2C(C)Cl)ccc1Cl)C(C)=O. The Morgan fingerprint density at radius 3 is 1.24 bits per heavy atom. The second-order valence-electron chi connectivity index (χ2n) is 14.8. The monoisotopic (exact) mass is 1000 g/mol. The number of hydrogen-bond donors (Lipinski definition) is 4. The molecule has 5 rings (SSSR count). The summed E-state index contributed by atoms with van der Waals surface area (Å²) in [5.41, 5.74) is 2.85. The van der Waals surface area contributed by atoms with E-state index >= 15 is 0 Å². The maximum atomic E-state index is 13.7. The molecule has 0 spiro atoms. The average Bonchev–Trinajstić information content (AvgIpc) is 3.29. The third kappa shape index (κ3) is 13.7. The van der Waals surface area contributed by atoms with Crippen LogP contribution in [0.1, 0.15) is 84.1 Å². The number of rotatable bonds is 20. The van der Waals surface area contributed by atoms with Crippen LogP contribution in [0.2, 0.25) is 10.0 Å². The number of benzene rings is 5. The summed E-state index contributed by atoms with van der Waals surface area (Å²) < 4.78 is 11.6. The molecule has 0 aliphatic heterocycles. The molecule has 4 amide bonds. The second-order valence-corrected chi connectivity index (χ2v) is 16.9. The van der Waals surface area contributed by atoms with E-state index in [1.54, 1.807) is 76.2 Å². The van der Waals surface area contributed by atoms with Gasteiger partial charge in [-0.3, -0.25) is 28.8 Å². The third-order valence-corrected chi connectivity index (χ3v) is 10.8. The smallest absolute Gasteiger partial charge is 0.258 e. The molecule has 354 valence electrons. The number of nitrogens with one attached hydrogen (secondary N) is 4. The number of Topliss-reactive ketones (excluding diaryl/α,β-unsaturated/α-hetero) is 2. The Labute approximate surface area is 412 Å². The molecule has 5 aromatic rings. The molecule has 0 bridgehead atoms. The zero-order valence-electron chi connectivity index (χ0n) is 37.5. The van der Waals surface area contributed by atoms with E-state index in [-0.39, 0.29) is 79.4 Å². The Morgan fingerprint density at radius 2 is 0.897 bits per heavy atom. The van der Waals surface area contributed by atoms with Crippen LogP contribution in [0.4, 0.5) is 34.1 Å². The van der Waals surface area contributed by atoms with Gasteiger partial charge in [-0.2, -0.15) is 20.5 Å². The van der Waals surface area contributed by atoms with E-state index in [0.29, 0.717) is 22.5 Å². The highest BCUT2D eigenvalue weighted by molar-refractivity contribution is 6.33. The summed E-state index contributed by atoms with van der Waals surface area (Å²) in [5, 5.41) is 26.5. The summed E-state index contributed by atoms with van der Waals surface area (Å²) >= 11 is 25.4. The molecule has 16 nitrogen and oxygen atoms in total. The lowest BCUT2D eigenvalue weighted by Gasteiger charge is -2.19. The largest absolute Gasteiger partial charge is 0.492 e. The first kappa shape index (κ1) is 52.3. The molecular formula is C48H46Cl4N8O8. The molecule has 0 aliphatic rings. The molecule has 0 saturated heterocycles. The lowest BCUT2D eigenvalue weighted by molar-refractivity contribution is -0.127. The zero-order chi connectivity index (χ0) is 49.7. The minimum absolute atomic E-state index is 0.00793. The molecular weight excluding hydrogens is 958 g/mol. The number of carbonyl (C=O) groups excluding carboxylic acids is 6. The van der Waals surface area contributed by atoms with Crippen molar-refractivity contribution < 1.29 is 38.2 Å². The van der Waals surface area contributed by atoms with Gasteiger partial charge >= 0.3 is 0 Å². The van der Waals surface area contributed by atoms with Gasteiger partial charge in [-0.15, -0.1) is 23.2 Å². The summed E-state index contributed by atoms with van der Waals surface area (Å²) in [6.45, 7) is 9.39. The molecule has 0 fully saturated rings. The summed E-state index contributed by atoms with van der Waals surface area (Å²) in [7, 11) is 0. The van der Waals surface area contributed by atoms with E-state index in [1.165, 1.54) is 48.5 Å². The van der Waals surface area contributed by atoms with Crippen LogP contribution in [0, 0.1) is 0 Å². The number of azo groups is 2. The molecule has 0 saturated carbocycles. The van der Waals surface area contributed by atoms with Crippen LogP contribution >= 0.6 is 46.4 Å². The van der Waals surface area contributed by atoms with Crippen molar-refractivity contribution in [3.63, 3.8) is 0 Å². The minimum Gasteiger partial charge on any atom is -0.492 e. The predicted octanol–water partition coefficient (Wildman–Crippen LogP) is 12.3. The van der Waals surface area contributed by atoms with Crippen molar-refractivity contribution in [3.8, 4) is 11.5 Å². The fourth-order valence-corrected chi connectivity index (χ4v) is 7.04. The van der Waals surface area contributed by atoms with E-state index in [9.17, 15) is 28.8 Å². The Bertz CT molecular complexity index is 2600. The van der Waals surface area contributed by atoms with Crippen LogP contribution in [0.25, 0.3) is 0 Å². The Balaban J connectivity index is 1.35. The summed E-state index contributed by atoms with van der Waals surface area (Å²) in [6.07, 6.45) is 0. The third-order valence-electron chi connectivity index (χ3n) is 9.72. The van der Waals surface area contributed by atoms with Gasteiger partial charge in [0.1, 0.15) is 22.9 Å². The maximum absolute atomic E-state index is 13.7. The van der Waals surface area contributed by atoms with Gasteiger partial charge < -0.3 is 30.7 Å². The number of halogens is 4. The number of ketones is 2. The number of carbonyl (C=O) groups is 6. The molecule has 4 unspecified atom stereocenters. The highest BCUT2D eigenvalue weighted by Gasteiger charge is 2.28. The van der Waals surface area contributed by atoms with Crippen LogP contribution < -0.4 is 30.7 Å². The van der Waals surface area contributed by atoms with Crippen molar-refractivity contribution in [2.24, 2.45) is 20.5 Å². The van der Waals surface area contributed by atoms with Gasteiger partial charge in [0.25, 0.3) is 23.6 Å². The standard InChI is InChI=1S/C48H46Cl4N8O8/c1-7-67-41-23-40(56-48(66)44(28(6)62)60-58-38-22-30(18-20-34(38)52)46(64)54-36-16-12-10-14-32(36)26(4)50)42(68-8-2)24-39(41)55-47(65)43(27(5)61)59-57-37-21-29(17-19-33(37)51)45(63)53-35-15-11-9-13-31(35)25(3)49/h9-26,43-44H,7-8H2,1-6H3,(H,53,63)(H,54,64)(H,55,65)(H,56,66). The number of para-hydroxylation sites is 2. The lowest BCUT2D eigenvalue weighted by Crippen LogP contribution is -2.32. The fraction of sp³-hybridized carbons (Fsp3) is 0.250. The Hall–Kier alpha value is -6.72. The average molecular weight is 1000 g/mol. The molecule has 68 heavy (non-hydrogen) atoms. The van der Waals surface area contributed by atoms with E-state index < -0.39 is 47.3 Å². The van der Waals surface area contributed by atoms with Crippen molar-refractivity contribution in [2.45, 2.75) is 64.4 Å². The van der Waals surface area contributed by atoms with E-state index in [1.807, 2.05) is 0 Å². The van der Waals surface area contributed by atoms with Crippen molar-refractivity contribution in [2.75, 3.05) is 34.5 Å². The van der Waals surface area contributed by atoms with Gasteiger partial charge in [0, 0.05) is 34.6 Å². The first-order valence-electron chi connectivity index (χ1n) is 21.0. The molecule has 5 aromatic carbocycles. The Kier molecular flexibility index (Phi) is 18.7. The second kappa shape index (κ2) is 24.3. The van der Waals surface area contributed by atoms with Gasteiger partial charge in [-0.25, -0.2) is 0 Å². The summed E-state index contributed by atoms with van der Waals surface area (Å²) in [4.78, 5) is 79.5. The van der Waals surface area contributed by atoms with E-state index in [2.05, 4.69) is 41.7 Å². The lowest BCUT2D eigenvalue weighted by atomic mass is 10.1.